The number of hydrogen-bond acceptors (Lipinski definition) is 7. The molecule has 0 aromatic rings. The fourth-order valence-electron chi connectivity index (χ4n) is 12.3. The number of nitrogens with one attached hydrogen (secondary N) is 1. The maximum atomic E-state index is 13.7. The fraction of sp³-hybridized carbons (Fsp3) is 0.924. The van der Waals surface area contributed by atoms with Gasteiger partial charge in [-0.05, 0) is 57.4 Å². The second kappa shape index (κ2) is 69.3. The van der Waals surface area contributed by atoms with Crippen LogP contribution in [0, 0.1) is 0 Å². The molecule has 3 atom stereocenters. The van der Waals surface area contributed by atoms with E-state index >= 15 is 0 Å². The predicted molar refractivity (Wildman–Crippen MR) is 386 cm³/mol. The summed E-state index contributed by atoms with van der Waals surface area (Å²) in [5.41, 5.74) is 0. The van der Waals surface area contributed by atoms with Crippen LogP contribution in [-0.4, -0.2) is 69.4 Å². The standard InChI is InChI=1S/C79H155N2O7P/c1-7-10-13-16-19-22-25-28-30-32-34-36-38-39-40-41-43-44-46-48-50-53-56-59-62-65-68-71-78(82)80-76(75-87-89(84,85)86-74-73-81(4,5)6)77(70-67-64-61-58-55-52-27-24-21-18-15-12-9-3)88-79(83)72-69-66-63-60-57-54-51-49-47-45-42-37-35-33-31-29-26-23-20-17-14-11-8-2/h28,30,67,70,76-77H,7-27,29,31-66,68-69,71-75H2,1-6H3,(H-,80,82,84,85)/b30-28+,70-67+. The molecule has 0 fully saturated rings. The third-order valence-electron chi connectivity index (χ3n) is 18.4. The molecule has 0 aliphatic heterocycles. The van der Waals surface area contributed by atoms with Gasteiger partial charge in [0.25, 0.3) is 7.82 Å². The molecule has 528 valence electrons. The maximum absolute atomic E-state index is 13.7. The van der Waals surface area contributed by atoms with Crippen LogP contribution in [0.4, 0.5) is 0 Å². The number of likely N-dealkylation sites (N-methyl/N-ethyl adjacent to an activating group) is 1. The highest BCUT2D eigenvalue weighted by Crippen LogP contribution is 2.38. The van der Waals surface area contributed by atoms with Gasteiger partial charge in [-0.1, -0.05) is 373 Å². The van der Waals surface area contributed by atoms with Crippen LogP contribution in [0.15, 0.2) is 24.3 Å². The number of ether oxygens (including phenoxy) is 1. The lowest BCUT2D eigenvalue weighted by molar-refractivity contribution is -0.870. The summed E-state index contributed by atoms with van der Waals surface area (Å²) in [6.07, 6.45) is 86.1. The Morgan fingerprint density at radius 3 is 0.955 bits per heavy atom. The predicted octanol–water partition coefficient (Wildman–Crippen LogP) is 24.9. The lowest BCUT2D eigenvalue weighted by Gasteiger charge is -2.30. The second-order valence-corrected chi connectivity index (χ2v) is 30.0. The molecule has 89 heavy (non-hydrogen) atoms. The lowest BCUT2D eigenvalue weighted by Crippen LogP contribution is -2.47. The lowest BCUT2D eigenvalue weighted by atomic mass is 10.0. The minimum absolute atomic E-state index is 0.0173. The van der Waals surface area contributed by atoms with E-state index in [9.17, 15) is 19.0 Å². The van der Waals surface area contributed by atoms with Crippen molar-refractivity contribution in [3.63, 3.8) is 0 Å². The number of unbranched alkanes of at least 4 members (excludes halogenated alkanes) is 56. The van der Waals surface area contributed by atoms with Gasteiger partial charge in [-0.3, -0.25) is 14.2 Å². The van der Waals surface area contributed by atoms with E-state index in [4.69, 9.17) is 13.8 Å². The monoisotopic (exact) mass is 1280 g/mol. The number of nitrogens with zero attached hydrogens (tertiary/aromatic N) is 1. The van der Waals surface area contributed by atoms with Crippen LogP contribution >= 0.6 is 7.82 Å². The number of phosphoric ester groups is 1. The molecule has 1 amide bonds. The van der Waals surface area contributed by atoms with Gasteiger partial charge in [0.15, 0.2) is 0 Å². The Bertz CT molecular complexity index is 1570. The van der Waals surface area contributed by atoms with E-state index in [2.05, 4.69) is 38.2 Å². The van der Waals surface area contributed by atoms with Crippen molar-refractivity contribution >= 4 is 19.7 Å². The topological polar surface area (TPSA) is 114 Å². The molecule has 0 saturated heterocycles. The molecule has 0 rings (SSSR count). The third kappa shape index (κ3) is 70.6. The Hall–Kier alpha value is -1.51. The zero-order chi connectivity index (χ0) is 64.9. The van der Waals surface area contributed by atoms with Crippen LogP contribution in [0.3, 0.4) is 0 Å². The van der Waals surface area contributed by atoms with Crippen molar-refractivity contribution in [2.75, 3.05) is 40.9 Å². The van der Waals surface area contributed by atoms with Crippen LogP contribution in [0.25, 0.3) is 0 Å². The molecule has 0 heterocycles. The summed E-state index contributed by atoms with van der Waals surface area (Å²) in [6, 6.07) is -0.884. The molecular formula is C79H155N2O7P. The van der Waals surface area contributed by atoms with Crippen LogP contribution < -0.4 is 10.2 Å². The van der Waals surface area contributed by atoms with Crippen LogP contribution in [-0.2, 0) is 27.9 Å². The summed E-state index contributed by atoms with van der Waals surface area (Å²) in [6.45, 7) is 6.93. The highest BCUT2D eigenvalue weighted by atomic mass is 31.2. The van der Waals surface area contributed by atoms with Gasteiger partial charge in [-0.15, -0.1) is 0 Å². The Kier molecular flexibility index (Phi) is 68.1. The van der Waals surface area contributed by atoms with Crippen molar-refractivity contribution in [3.8, 4) is 0 Å². The molecule has 3 unspecified atom stereocenters. The number of hydrogen-bond donors (Lipinski definition) is 1. The van der Waals surface area contributed by atoms with E-state index < -0.39 is 20.0 Å². The van der Waals surface area contributed by atoms with Gasteiger partial charge < -0.3 is 28.5 Å². The van der Waals surface area contributed by atoms with Crippen LogP contribution in [0.2, 0.25) is 0 Å². The third-order valence-corrected chi connectivity index (χ3v) is 19.3. The van der Waals surface area contributed by atoms with Gasteiger partial charge in [0.1, 0.15) is 19.3 Å². The number of phosphoric acid groups is 1. The minimum Gasteiger partial charge on any atom is -0.756 e. The molecule has 0 aromatic carbocycles. The van der Waals surface area contributed by atoms with Crippen molar-refractivity contribution in [2.24, 2.45) is 0 Å². The summed E-state index contributed by atoms with van der Waals surface area (Å²) < 4.78 is 30.6. The Balaban J connectivity index is 4.93. The number of carbonyl (C=O) groups excluding carboxylic acids is 2. The van der Waals surface area contributed by atoms with E-state index in [1.807, 2.05) is 33.3 Å². The van der Waals surface area contributed by atoms with Gasteiger partial charge in [-0.2, -0.15) is 0 Å². The molecular weight excluding hydrogens is 1120 g/mol. The van der Waals surface area contributed by atoms with Gasteiger partial charge in [0, 0.05) is 12.8 Å². The van der Waals surface area contributed by atoms with Crippen molar-refractivity contribution in [1.82, 2.24) is 5.32 Å². The number of quaternary nitrogens is 1. The maximum Gasteiger partial charge on any atom is 0.306 e. The first-order valence-electron chi connectivity index (χ1n) is 39.6. The first-order chi connectivity index (χ1) is 43.4. The van der Waals surface area contributed by atoms with Crippen molar-refractivity contribution < 1.29 is 37.3 Å². The van der Waals surface area contributed by atoms with Crippen LogP contribution in [0.1, 0.15) is 419 Å². The van der Waals surface area contributed by atoms with E-state index in [1.54, 1.807) is 0 Å². The van der Waals surface area contributed by atoms with E-state index in [0.717, 1.165) is 57.8 Å². The van der Waals surface area contributed by atoms with Crippen molar-refractivity contribution in [2.45, 2.75) is 431 Å². The van der Waals surface area contributed by atoms with Gasteiger partial charge >= 0.3 is 5.97 Å². The normalized spacial score (nSPS) is 13.5. The molecule has 0 aliphatic carbocycles. The number of carbonyl (C=O) groups is 2. The number of esters is 1. The number of rotatable bonds is 74. The van der Waals surface area contributed by atoms with E-state index in [1.165, 1.54) is 327 Å². The van der Waals surface area contributed by atoms with E-state index in [0.29, 0.717) is 17.4 Å². The first kappa shape index (κ1) is 87.5. The SMILES string of the molecule is CCCCCCCC/C=C/CCCCCCCCCCCCCCCCCCCC(=O)NC(COP(=O)([O-])OCC[N+](C)(C)C)C(/C=C/CCCCCCCCCCCCC)OC(=O)CCCCCCCCCCCCCCCCCCCCCCCCC. The van der Waals surface area contributed by atoms with E-state index in [-0.39, 0.29) is 31.5 Å². The summed E-state index contributed by atoms with van der Waals surface area (Å²) in [5.74, 6) is -0.511. The highest BCUT2D eigenvalue weighted by molar-refractivity contribution is 7.45. The Morgan fingerprint density at radius 2 is 0.652 bits per heavy atom. The largest absolute Gasteiger partial charge is 0.756 e. The van der Waals surface area contributed by atoms with Gasteiger partial charge in [-0.25, -0.2) is 0 Å². The van der Waals surface area contributed by atoms with Crippen molar-refractivity contribution in [1.29, 1.82) is 0 Å². The molecule has 0 saturated carbocycles. The quantitative estimate of drug-likeness (QED) is 0.0212. The van der Waals surface area contributed by atoms with Crippen LogP contribution in [0.5, 0.6) is 0 Å². The molecule has 1 N–H and O–H groups in total. The molecule has 0 spiro atoms. The Labute approximate surface area is 555 Å². The average molecular weight is 1280 g/mol. The number of allylic oxidation sites excluding steroid dienone is 3. The summed E-state index contributed by atoms with van der Waals surface area (Å²) in [4.78, 5) is 40.3. The zero-order valence-electron chi connectivity index (χ0n) is 60.7. The number of amides is 1. The average Bonchev–Trinajstić information content (AvgIpc) is 3.65. The first-order valence-corrected chi connectivity index (χ1v) is 41.1. The second-order valence-electron chi connectivity index (χ2n) is 28.6. The summed E-state index contributed by atoms with van der Waals surface area (Å²) >= 11 is 0. The van der Waals surface area contributed by atoms with Gasteiger partial charge in [0.05, 0.1) is 33.8 Å². The molecule has 0 aromatic heterocycles. The summed E-state index contributed by atoms with van der Waals surface area (Å²) in [7, 11) is 1.21. The van der Waals surface area contributed by atoms with Crippen molar-refractivity contribution in [3.05, 3.63) is 24.3 Å². The minimum atomic E-state index is -4.70. The molecule has 10 heteroatoms. The fourth-order valence-corrected chi connectivity index (χ4v) is 13.0. The molecule has 0 bridgehead atoms. The molecule has 0 aliphatic rings. The summed E-state index contributed by atoms with van der Waals surface area (Å²) in [5, 5.41) is 3.06. The molecule has 9 nitrogen and oxygen atoms in total. The smallest absolute Gasteiger partial charge is 0.306 e. The molecule has 0 radical (unpaired) electrons. The highest BCUT2D eigenvalue weighted by Gasteiger charge is 2.27. The zero-order valence-corrected chi connectivity index (χ0v) is 61.6. The Morgan fingerprint density at radius 1 is 0.382 bits per heavy atom. The van der Waals surface area contributed by atoms with Gasteiger partial charge in [0.2, 0.25) is 5.91 Å².